The lowest BCUT2D eigenvalue weighted by molar-refractivity contribution is 0.0240. The lowest BCUT2D eigenvalue weighted by Crippen LogP contribution is -2.50. The average Bonchev–Trinajstić information content (AvgIpc) is 2.45. The van der Waals surface area contributed by atoms with Gasteiger partial charge in [-0.05, 0) is 26.8 Å². The first kappa shape index (κ1) is 15.6. The number of carbonyl (C=O) groups excluding carboxylic acids is 1. The Balaban J connectivity index is 1.96. The van der Waals surface area contributed by atoms with Crippen LogP contribution in [0.5, 0.6) is 0 Å². The number of amides is 1. The van der Waals surface area contributed by atoms with Crippen LogP contribution in [0, 0.1) is 0 Å². The third-order valence-corrected chi connectivity index (χ3v) is 3.32. The van der Waals surface area contributed by atoms with Crippen LogP contribution in [-0.4, -0.2) is 47.8 Å². The summed E-state index contributed by atoms with van der Waals surface area (Å²) in [6.07, 6.45) is 1.52. The predicted octanol–water partition coefficient (Wildman–Crippen LogP) is 1.60. The topological polar surface area (TPSA) is 71.7 Å². The molecule has 21 heavy (non-hydrogen) atoms. The maximum absolute atomic E-state index is 12.0. The van der Waals surface area contributed by atoms with Crippen LogP contribution in [0.2, 0.25) is 0 Å². The molecule has 0 spiro atoms. The molecule has 2 N–H and O–H groups in total. The second-order valence-corrected chi connectivity index (χ2v) is 6.14. The molecule has 116 valence electrons. The van der Waals surface area contributed by atoms with E-state index >= 15 is 0 Å². The summed E-state index contributed by atoms with van der Waals surface area (Å²) >= 11 is 0. The highest BCUT2D eigenvalue weighted by Gasteiger charge is 2.26. The first-order chi connectivity index (χ1) is 9.90. The van der Waals surface area contributed by atoms with Gasteiger partial charge in [-0.25, -0.2) is 9.78 Å². The molecule has 0 bridgehead atoms. The summed E-state index contributed by atoms with van der Waals surface area (Å²) in [5.41, 5.74) is 6.33. The van der Waals surface area contributed by atoms with Gasteiger partial charge < -0.3 is 20.3 Å². The summed E-state index contributed by atoms with van der Waals surface area (Å²) in [6.45, 7) is 8.85. The van der Waals surface area contributed by atoms with E-state index in [1.54, 1.807) is 11.1 Å². The van der Waals surface area contributed by atoms with Gasteiger partial charge in [0.1, 0.15) is 11.4 Å². The van der Waals surface area contributed by atoms with Gasteiger partial charge in [0.2, 0.25) is 0 Å². The van der Waals surface area contributed by atoms with Crippen molar-refractivity contribution in [1.29, 1.82) is 0 Å². The van der Waals surface area contributed by atoms with Crippen molar-refractivity contribution in [2.24, 2.45) is 5.73 Å². The smallest absolute Gasteiger partial charge is 0.410 e. The minimum Gasteiger partial charge on any atom is -0.444 e. The van der Waals surface area contributed by atoms with Crippen LogP contribution in [-0.2, 0) is 11.3 Å². The summed E-state index contributed by atoms with van der Waals surface area (Å²) in [7, 11) is 0. The van der Waals surface area contributed by atoms with E-state index in [1.807, 2.05) is 32.9 Å². The highest BCUT2D eigenvalue weighted by Crippen LogP contribution is 2.19. The SMILES string of the molecule is CC(C)(C)OC(=O)N1CCN(c2ncccc2CN)CC1. The Morgan fingerprint density at radius 1 is 1.33 bits per heavy atom. The van der Waals surface area contributed by atoms with Gasteiger partial charge in [-0.1, -0.05) is 6.07 Å². The van der Waals surface area contributed by atoms with Crippen molar-refractivity contribution in [3.05, 3.63) is 23.9 Å². The van der Waals surface area contributed by atoms with Gasteiger partial charge in [-0.15, -0.1) is 0 Å². The molecule has 1 aliphatic heterocycles. The van der Waals surface area contributed by atoms with Gasteiger partial charge in [0.15, 0.2) is 0 Å². The zero-order valence-electron chi connectivity index (χ0n) is 13.0. The van der Waals surface area contributed by atoms with E-state index in [-0.39, 0.29) is 6.09 Å². The van der Waals surface area contributed by atoms with Crippen LogP contribution in [0.4, 0.5) is 10.6 Å². The van der Waals surface area contributed by atoms with Crippen LogP contribution >= 0.6 is 0 Å². The van der Waals surface area contributed by atoms with Gasteiger partial charge in [0, 0.05) is 44.5 Å². The Morgan fingerprint density at radius 2 is 2.00 bits per heavy atom. The number of ether oxygens (including phenoxy) is 1. The van der Waals surface area contributed by atoms with Gasteiger partial charge in [0.25, 0.3) is 0 Å². The van der Waals surface area contributed by atoms with E-state index in [0.29, 0.717) is 19.6 Å². The Labute approximate surface area is 125 Å². The van der Waals surface area contributed by atoms with Crippen LogP contribution in [0.15, 0.2) is 18.3 Å². The Kier molecular flexibility index (Phi) is 4.67. The Hall–Kier alpha value is -1.82. The first-order valence-electron chi connectivity index (χ1n) is 7.27. The van der Waals surface area contributed by atoms with Crippen molar-refractivity contribution in [3.63, 3.8) is 0 Å². The standard InChI is InChI=1S/C15H24N4O2/c1-15(2,3)21-14(20)19-9-7-18(8-10-19)13-12(11-16)5-4-6-17-13/h4-6H,7-11,16H2,1-3H3. The lowest BCUT2D eigenvalue weighted by atomic mass is 10.2. The lowest BCUT2D eigenvalue weighted by Gasteiger charge is -2.36. The number of anilines is 1. The van der Waals surface area contributed by atoms with Crippen LogP contribution < -0.4 is 10.6 Å². The minimum atomic E-state index is -0.456. The van der Waals surface area contributed by atoms with Gasteiger partial charge in [0.05, 0.1) is 0 Å². The third kappa shape index (κ3) is 4.07. The Morgan fingerprint density at radius 3 is 2.57 bits per heavy atom. The highest BCUT2D eigenvalue weighted by molar-refractivity contribution is 5.68. The molecule has 0 aliphatic carbocycles. The van der Waals surface area contributed by atoms with E-state index in [2.05, 4.69) is 9.88 Å². The number of hydrogen-bond donors (Lipinski definition) is 1. The molecule has 6 heteroatoms. The normalized spacial score (nSPS) is 16.0. The molecular formula is C15H24N4O2. The zero-order valence-corrected chi connectivity index (χ0v) is 13.0. The Bertz CT molecular complexity index is 491. The molecular weight excluding hydrogens is 268 g/mol. The zero-order chi connectivity index (χ0) is 15.5. The molecule has 6 nitrogen and oxygen atoms in total. The number of hydrogen-bond acceptors (Lipinski definition) is 5. The highest BCUT2D eigenvalue weighted by atomic mass is 16.6. The number of carbonyl (C=O) groups is 1. The number of nitrogens with two attached hydrogens (primary N) is 1. The van der Waals surface area contributed by atoms with E-state index < -0.39 is 5.60 Å². The number of rotatable bonds is 2. The van der Waals surface area contributed by atoms with E-state index in [0.717, 1.165) is 24.5 Å². The maximum Gasteiger partial charge on any atom is 0.410 e. The quantitative estimate of drug-likeness (QED) is 0.896. The second-order valence-electron chi connectivity index (χ2n) is 6.14. The summed E-state index contributed by atoms with van der Waals surface area (Å²) < 4.78 is 5.40. The molecule has 1 fully saturated rings. The molecule has 1 aromatic heterocycles. The van der Waals surface area contributed by atoms with E-state index in [9.17, 15) is 4.79 Å². The summed E-state index contributed by atoms with van der Waals surface area (Å²) in [5, 5.41) is 0. The molecule has 1 amide bonds. The summed E-state index contributed by atoms with van der Waals surface area (Å²) in [5.74, 6) is 0.920. The summed E-state index contributed by atoms with van der Waals surface area (Å²) in [4.78, 5) is 20.4. The van der Waals surface area contributed by atoms with Gasteiger partial charge in [-0.3, -0.25) is 0 Å². The van der Waals surface area contributed by atoms with Gasteiger partial charge in [-0.2, -0.15) is 0 Å². The molecule has 1 saturated heterocycles. The van der Waals surface area contributed by atoms with Gasteiger partial charge >= 0.3 is 6.09 Å². The molecule has 0 aromatic carbocycles. The van der Waals surface area contributed by atoms with Crippen LogP contribution in [0.3, 0.4) is 0 Å². The number of nitrogens with zero attached hydrogens (tertiary/aromatic N) is 3. The monoisotopic (exact) mass is 292 g/mol. The third-order valence-electron chi connectivity index (χ3n) is 3.32. The predicted molar refractivity (Wildman–Crippen MR) is 82.1 cm³/mol. The van der Waals surface area contributed by atoms with Crippen LogP contribution in [0.1, 0.15) is 26.3 Å². The van der Waals surface area contributed by atoms with E-state index in [4.69, 9.17) is 10.5 Å². The van der Waals surface area contributed by atoms with Crippen molar-refractivity contribution in [3.8, 4) is 0 Å². The summed E-state index contributed by atoms with van der Waals surface area (Å²) in [6, 6.07) is 3.88. The molecule has 2 heterocycles. The average molecular weight is 292 g/mol. The fourth-order valence-corrected chi connectivity index (χ4v) is 2.30. The minimum absolute atomic E-state index is 0.248. The molecule has 0 saturated carbocycles. The fraction of sp³-hybridized carbons (Fsp3) is 0.600. The number of aromatic nitrogens is 1. The number of piperazine rings is 1. The second kappa shape index (κ2) is 6.30. The largest absolute Gasteiger partial charge is 0.444 e. The van der Waals surface area contributed by atoms with Crippen molar-refractivity contribution >= 4 is 11.9 Å². The van der Waals surface area contributed by atoms with E-state index in [1.165, 1.54) is 0 Å². The molecule has 0 atom stereocenters. The molecule has 1 aliphatic rings. The number of pyridine rings is 1. The molecule has 1 aromatic rings. The molecule has 0 radical (unpaired) electrons. The molecule has 2 rings (SSSR count). The van der Waals surface area contributed by atoms with Crippen molar-refractivity contribution in [2.75, 3.05) is 31.1 Å². The fourth-order valence-electron chi connectivity index (χ4n) is 2.30. The van der Waals surface area contributed by atoms with Crippen molar-refractivity contribution in [1.82, 2.24) is 9.88 Å². The first-order valence-corrected chi connectivity index (χ1v) is 7.27. The van der Waals surface area contributed by atoms with Crippen LogP contribution in [0.25, 0.3) is 0 Å². The molecule has 0 unspecified atom stereocenters. The van der Waals surface area contributed by atoms with Crippen molar-refractivity contribution < 1.29 is 9.53 Å². The maximum atomic E-state index is 12.0. The van der Waals surface area contributed by atoms with Crippen molar-refractivity contribution in [2.45, 2.75) is 32.9 Å².